The van der Waals surface area contributed by atoms with Gasteiger partial charge in [0.15, 0.2) is 0 Å². The Hall–Kier alpha value is -1.38. The standard InChI is InChI=1S/C11H13NO2/c1-7-5-9-3-4-10(12(13)14)6-11(9)8(7)2/h3-4,6-8H,5H2,1-2H3/t7?,8-/m0/s1. The molecule has 0 aliphatic heterocycles. The SMILES string of the molecule is CC1Cc2ccc([N+](=O)[O-])cc2[C@H]1C. The van der Waals surface area contributed by atoms with Gasteiger partial charge in [0.2, 0.25) is 0 Å². The molecule has 1 aromatic rings. The summed E-state index contributed by atoms with van der Waals surface area (Å²) in [5, 5.41) is 10.6. The van der Waals surface area contributed by atoms with E-state index >= 15 is 0 Å². The highest BCUT2D eigenvalue weighted by Crippen LogP contribution is 2.38. The monoisotopic (exact) mass is 191 g/mol. The zero-order valence-corrected chi connectivity index (χ0v) is 8.36. The highest BCUT2D eigenvalue weighted by Gasteiger charge is 2.27. The predicted octanol–water partition coefficient (Wildman–Crippen LogP) is 2.89. The normalized spacial score (nSPS) is 24.7. The Balaban J connectivity index is 2.46. The lowest BCUT2D eigenvalue weighted by Crippen LogP contribution is -1.97. The third-order valence-electron chi connectivity index (χ3n) is 3.23. The van der Waals surface area contributed by atoms with Crippen LogP contribution in [-0.2, 0) is 6.42 Å². The van der Waals surface area contributed by atoms with E-state index in [1.807, 2.05) is 6.07 Å². The molecule has 2 atom stereocenters. The zero-order valence-electron chi connectivity index (χ0n) is 8.36. The molecule has 0 N–H and O–H groups in total. The van der Waals surface area contributed by atoms with E-state index in [-0.39, 0.29) is 10.6 Å². The first-order valence-electron chi connectivity index (χ1n) is 4.87. The largest absolute Gasteiger partial charge is 0.269 e. The number of benzene rings is 1. The van der Waals surface area contributed by atoms with Crippen LogP contribution in [0.5, 0.6) is 0 Å². The molecular weight excluding hydrogens is 178 g/mol. The van der Waals surface area contributed by atoms with Gasteiger partial charge in [-0.05, 0) is 29.4 Å². The summed E-state index contributed by atoms with van der Waals surface area (Å²) in [6.45, 7) is 4.33. The van der Waals surface area contributed by atoms with E-state index in [1.54, 1.807) is 12.1 Å². The van der Waals surface area contributed by atoms with Crippen LogP contribution in [0.4, 0.5) is 5.69 Å². The lowest BCUT2D eigenvalue weighted by Gasteiger charge is -2.08. The van der Waals surface area contributed by atoms with Gasteiger partial charge in [-0.25, -0.2) is 0 Å². The van der Waals surface area contributed by atoms with Crippen molar-refractivity contribution in [3.8, 4) is 0 Å². The van der Waals surface area contributed by atoms with Crippen molar-refractivity contribution >= 4 is 5.69 Å². The van der Waals surface area contributed by atoms with Gasteiger partial charge in [-0.1, -0.05) is 19.9 Å². The number of non-ortho nitro benzene ring substituents is 1. The van der Waals surface area contributed by atoms with Crippen molar-refractivity contribution in [3.05, 3.63) is 39.4 Å². The van der Waals surface area contributed by atoms with Gasteiger partial charge >= 0.3 is 0 Å². The van der Waals surface area contributed by atoms with Gasteiger partial charge in [-0.2, -0.15) is 0 Å². The van der Waals surface area contributed by atoms with Gasteiger partial charge < -0.3 is 0 Å². The first-order valence-corrected chi connectivity index (χ1v) is 4.87. The van der Waals surface area contributed by atoms with E-state index < -0.39 is 0 Å². The van der Waals surface area contributed by atoms with Crippen molar-refractivity contribution in [2.75, 3.05) is 0 Å². The molecule has 1 unspecified atom stereocenters. The van der Waals surface area contributed by atoms with Crippen LogP contribution in [0.3, 0.4) is 0 Å². The molecule has 1 aliphatic rings. The molecule has 0 saturated heterocycles. The van der Waals surface area contributed by atoms with Gasteiger partial charge in [0.25, 0.3) is 5.69 Å². The average molecular weight is 191 g/mol. The van der Waals surface area contributed by atoms with E-state index in [0.29, 0.717) is 11.8 Å². The molecule has 0 saturated carbocycles. The second-order valence-electron chi connectivity index (χ2n) is 4.11. The summed E-state index contributed by atoms with van der Waals surface area (Å²) in [6.07, 6.45) is 1.05. The summed E-state index contributed by atoms with van der Waals surface area (Å²) in [5.41, 5.74) is 2.65. The lowest BCUT2D eigenvalue weighted by molar-refractivity contribution is -0.384. The molecule has 0 spiro atoms. The van der Waals surface area contributed by atoms with Crippen LogP contribution in [0.15, 0.2) is 18.2 Å². The molecule has 0 bridgehead atoms. The molecule has 0 heterocycles. The topological polar surface area (TPSA) is 43.1 Å². The second-order valence-corrected chi connectivity index (χ2v) is 4.11. The van der Waals surface area contributed by atoms with Crippen molar-refractivity contribution < 1.29 is 4.92 Å². The summed E-state index contributed by atoms with van der Waals surface area (Å²) in [7, 11) is 0. The van der Waals surface area contributed by atoms with Crippen LogP contribution in [-0.4, -0.2) is 4.92 Å². The van der Waals surface area contributed by atoms with Gasteiger partial charge in [-0.3, -0.25) is 10.1 Å². The van der Waals surface area contributed by atoms with Crippen molar-refractivity contribution in [2.45, 2.75) is 26.2 Å². The molecule has 0 radical (unpaired) electrons. The smallest absolute Gasteiger partial charge is 0.258 e. The minimum atomic E-state index is -0.323. The minimum absolute atomic E-state index is 0.213. The fraction of sp³-hybridized carbons (Fsp3) is 0.455. The highest BCUT2D eigenvalue weighted by atomic mass is 16.6. The Kier molecular flexibility index (Phi) is 2.02. The molecule has 0 amide bonds. The van der Waals surface area contributed by atoms with Gasteiger partial charge in [0.1, 0.15) is 0 Å². The first kappa shape index (κ1) is 9.19. The predicted molar refractivity (Wildman–Crippen MR) is 54.4 cm³/mol. The number of nitro benzene ring substituents is 1. The van der Waals surface area contributed by atoms with E-state index in [1.165, 1.54) is 5.56 Å². The summed E-state index contributed by atoms with van der Waals surface area (Å²) in [6, 6.07) is 5.22. The van der Waals surface area contributed by atoms with Gasteiger partial charge in [0, 0.05) is 12.1 Å². The molecule has 2 rings (SSSR count). The summed E-state index contributed by atoms with van der Waals surface area (Å²) in [5.74, 6) is 1.05. The van der Waals surface area contributed by atoms with E-state index in [0.717, 1.165) is 12.0 Å². The molecular formula is C11H13NO2. The molecule has 3 nitrogen and oxygen atoms in total. The van der Waals surface area contributed by atoms with Crippen molar-refractivity contribution in [1.82, 2.24) is 0 Å². The van der Waals surface area contributed by atoms with E-state index in [4.69, 9.17) is 0 Å². The molecule has 1 aromatic carbocycles. The molecule has 0 aromatic heterocycles. The average Bonchev–Trinajstić information content (AvgIpc) is 2.43. The Bertz CT molecular complexity index is 387. The number of nitro groups is 1. The minimum Gasteiger partial charge on any atom is -0.258 e. The van der Waals surface area contributed by atoms with E-state index in [9.17, 15) is 10.1 Å². The number of rotatable bonds is 1. The Labute approximate surface area is 82.9 Å². The molecule has 3 heteroatoms. The lowest BCUT2D eigenvalue weighted by atomic mass is 9.96. The summed E-state index contributed by atoms with van der Waals surface area (Å²) < 4.78 is 0. The fourth-order valence-corrected chi connectivity index (χ4v) is 2.14. The van der Waals surface area contributed by atoms with E-state index in [2.05, 4.69) is 13.8 Å². The van der Waals surface area contributed by atoms with Crippen LogP contribution >= 0.6 is 0 Å². The molecule has 1 aliphatic carbocycles. The number of hydrogen-bond donors (Lipinski definition) is 0. The fourth-order valence-electron chi connectivity index (χ4n) is 2.14. The van der Waals surface area contributed by atoms with Crippen LogP contribution in [0.1, 0.15) is 30.9 Å². The summed E-state index contributed by atoms with van der Waals surface area (Å²) >= 11 is 0. The van der Waals surface area contributed by atoms with Gasteiger partial charge in [0.05, 0.1) is 4.92 Å². The molecule has 0 fully saturated rings. The Morgan fingerprint density at radius 1 is 1.43 bits per heavy atom. The third-order valence-corrected chi connectivity index (χ3v) is 3.23. The quantitative estimate of drug-likeness (QED) is 0.506. The van der Waals surface area contributed by atoms with Crippen molar-refractivity contribution in [2.24, 2.45) is 5.92 Å². The van der Waals surface area contributed by atoms with Crippen LogP contribution < -0.4 is 0 Å². The number of hydrogen-bond acceptors (Lipinski definition) is 2. The zero-order chi connectivity index (χ0) is 10.3. The van der Waals surface area contributed by atoms with Crippen molar-refractivity contribution in [3.63, 3.8) is 0 Å². The maximum Gasteiger partial charge on any atom is 0.269 e. The second kappa shape index (κ2) is 3.08. The van der Waals surface area contributed by atoms with Gasteiger partial charge in [-0.15, -0.1) is 0 Å². The van der Waals surface area contributed by atoms with Crippen molar-refractivity contribution in [1.29, 1.82) is 0 Å². The first-order chi connectivity index (χ1) is 6.59. The van der Waals surface area contributed by atoms with Crippen LogP contribution in [0.25, 0.3) is 0 Å². The maximum atomic E-state index is 10.6. The van der Waals surface area contributed by atoms with Crippen LogP contribution in [0, 0.1) is 16.0 Å². The Morgan fingerprint density at radius 3 is 2.79 bits per heavy atom. The molecule has 74 valence electrons. The van der Waals surface area contributed by atoms with Crippen LogP contribution in [0.2, 0.25) is 0 Å². The molecule has 14 heavy (non-hydrogen) atoms. The highest BCUT2D eigenvalue weighted by molar-refractivity contribution is 5.44. The maximum absolute atomic E-state index is 10.6. The summed E-state index contributed by atoms with van der Waals surface area (Å²) in [4.78, 5) is 10.3. The number of nitrogens with zero attached hydrogens (tertiary/aromatic N) is 1. The third kappa shape index (κ3) is 1.29. The number of fused-ring (bicyclic) bond motifs is 1. The Morgan fingerprint density at radius 2 is 2.14 bits per heavy atom.